The molecule has 2 unspecified atom stereocenters. The predicted octanol–water partition coefficient (Wildman–Crippen LogP) is 6.60. The van der Waals surface area contributed by atoms with Crippen molar-refractivity contribution in [1.82, 2.24) is 0 Å². The quantitative estimate of drug-likeness (QED) is 0.554. The summed E-state index contributed by atoms with van der Waals surface area (Å²) < 4.78 is 6.43. The Morgan fingerprint density at radius 1 is 0.652 bits per heavy atom. The third kappa shape index (κ3) is 4.74. The molecule has 0 aromatic carbocycles. The monoisotopic (exact) mass is 320 g/mol. The fourth-order valence-corrected chi connectivity index (χ4v) is 5.86. The van der Waals surface area contributed by atoms with Crippen molar-refractivity contribution in [2.75, 3.05) is 6.61 Å². The Morgan fingerprint density at radius 2 is 1.26 bits per heavy atom. The normalized spacial score (nSPS) is 42.5. The van der Waals surface area contributed by atoms with Crippen molar-refractivity contribution in [2.45, 2.75) is 103 Å². The van der Waals surface area contributed by atoms with Gasteiger partial charge >= 0.3 is 0 Å². The molecule has 2 aliphatic carbocycles. The van der Waals surface area contributed by atoms with Crippen molar-refractivity contribution in [1.29, 1.82) is 0 Å². The zero-order valence-electron chi connectivity index (χ0n) is 15.8. The minimum Gasteiger partial charge on any atom is -0.378 e. The van der Waals surface area contributed by atoms with Gasteiger partial charge < -0.3 is 4.74 Å². The van der Waals surface area contributed by atoms with Gasteiger partial charge in [0.05, 0.1) is 12.7 Å². The van der Waals surface area contributed by atoms with E-state index in [0.29, 0.717) is 6.10 Å². The van der Waals surface area contributed by atoms with Crippen LogP contribution in [0.1, 0.15) is 97.3 Å². The first-order valence-corrected chi connectivity index (χ1v) is 10.9. The van der Waals surface area contributed by atoms with Gasteiger partial charge in [0.25, 0.3) is 0 Å². The van der Waals surface area contributed by atoms with Crippen LogP contribution < -0.4 is 0 Å². The number of hydrogen-bond donors (Lipinski definition) is 0. The van der Waals surface area contributed by atoms with Gasteiger partial charge in [-0.15, -0.1) is 0 Å². The van der Waals surface area contributed by atoms with E-state index in [4.69, 9.17) is 4.74 Å². The maximum Gasteiger partial charge on any atom is 0.0603 e. The van der Waals surface area contributed by atoms with E-state index in [2.05, 4.69) is 13.8 Å². The molecule has 0 N–H and O–H groups in total. The molecular weight excluding hydrogens is 280 g/mol. The summed E-state index contributed by atoms with van der Waals surface area (Å²) >= 11 is 0. The molecule has 0 spiro atoms. The van der Waals surface area contributed by atoms with E-state index in [9.17, 15) is 0 Å². The summed E-state index contributed by atoms with van der Waals surface area (Å²) in [6, 6.07) is 0. The lowest BCUT2D eigenvalue weighted by Gasteiger charge is -2.41. The molecule has 1 saturated heterocycles. The van der Waals surface area contributed by atoms with E-state index in [-0.39, 0.29) is 0 Å². The maximum atomic E-state index is 6.43. The molecule has 0 aromatic heterocycles. The maximum absolute atomic E-state index is 6.43. The average molecular weight is 321 g/mol. The Kier molecular flexibility index (Phi) is 6.86. The molecule has 2 saturated carbocycles. The topological polar surface area (TPSA) is 9.23 Å². The molecule has 0 aromatic rings. The van der Waals surface area contributed by atoms with E-state index < -0.39 is 0 Å². The molecule has 0 amide bonds. The first-order chi connectivity index (χ1) is 11.3. The third-order valence-corrected chi connectivity index (χ3v) is 7.60. The predicted molar refractivity (Wildman–Crippen MR) is 98.6 cm³/mol. The van der Waals surface area contributed by atoms with Crippen LogP contribution in [0.2, 0.25) is 0 Å². The van der Waals surface area contributed by atoms with Crippen LogP contribution in [0.4, 0.5) is 0 Å². The smallest absolute Gasteiger partial charge is 0.0603 e. The summed E-state index contributed by atoms with van der Waals surface area (Å²) in [5.41, 5.74) is 0. The molecule has 0 radical (unpaired) electrons. The second kappa shape index (κ2) is 8.88. The molecule has 1 heteroatoms. The van der Waals surface area contributed by atoms with E-state index in [1.165, 1.54) is 83.5 Å². The lowest BCUT2D eigenvalue weighted by atomic mass is 9.71. The highest BCUT2D eigenvalue weighted by molar-refractivity contribution is 4.85. The average Bonchev–Trinajstić information content (AvgIpc) is 2.63. The van der Waals surface area contributed by atoms with Crippen LogP contribution in [-0.2, 0) is 4.74 Å². The van der Waals surface area contributed by atoms with Crippen molar-refractivity contribution in [3.05, 3.63) is 0 Å². The fraction of sp³-hybridized carbons (Fsp3) is 1.00. The van der Waals surface area contributed by atoms with Crippen LogP contribution >= 0.6 is 0 Å². The Bertz CT molecular complexity index is 315. The number of hydrogen-bond acceptors (Lipinski definition) is 1. The highest BCUT2D eigenvalue weighted by Gasteiger charge is 2.35. The van der Waals surface area contributed by atoms with E-state index in [1.807, 2.05) is 0 Å². The highest BCUT2D eigenvalue weighted by Crippen LogP contribution is 2.41. The van der Waals surface area contributed by atoms with Crippen molar-refractivity contribution >= 4 is 0 Å². The molecule has 134 valence electrons. The van der Waals surface area contributed by atoms with E-state index in [1.54, 1.807) is 0 Å². The summed E-state index contributed by atoms with van der Waals surface area (Å²) in [4.78, 5) is 0. The van der Waals surface area contributed by atoms with Gasteiger partial charge in [0, 0.05) is 0 Å². The third-order valence-electron chi connectivity index (χ3n) is 7.60. The van der Waals surface area contributed by atoms with E-state index in [0.717, 1.165) is 36.2 Å². The summed E-state index contributed by atoms with van der Waals surface area (Å²) in [7, 11) is 0. The molecule has 3 rings (SSSR count). The standard InChI is InChI=1S/C22H40O/c1-3-5-18-8-12-20(13-9-18)22-15-14-21(16-23-22)19-10-6-17(4-2)7-11-19/h17-22H,3-16H2,1-2H3. The lowest BCUT2D eigenvalue weighted by molar-refractivity contribution is -0.0740. The highest BCUT2D eigenvalue weighted by atomic mass is 16.5. The van der Waals surface area contributed by atoms with Crippen LogP contribution in [-0.4, -0.2) is 12.7 Å². The SMILES string of the molecule is CCCC1CCC(C2CCC(C3CCC(CC)CC3)CO2)CC1. The Balaban J connectivity index is 1.37. The number of ether oxygens (including phenoxy) is 1. The van der Waals surface area contributed by atoms with Crippen LogP contribution in [0, 0.1) is 29.6 Å². The molecule has 3 aliphatic rings. The van der Waals surface area contributed by atoms with Gasteiger partial charge in [0.2, 0.25) is 0 Å². The van der Waals surface area contributed by atoms with Gasteiger partial charge in [-0.2, -0.15) is 0 Å². The molecule has 2 atom stereocenters. The Labute approximate surface area is 144 Å². The number of rotatable bonds is 5. The second-order valence-electron chi connectivity index (χ2n) is 8.97. The van der Waals surface area contributed by atoms with E-state index >= 15 is 0 Å². The molecule has 23 heavy (non-hydrogen) atoms. The van der Waals surface area contributed by atoms with Gasteiger partial charge in [-0.25, -0.2) is 0 Å². The fourth-order valence-electron chi connectivity index (χ4n) is 5.86. The van der Waals surface area contributed by atoms with Gasteiger partial charge in [0.1, 0.15) is 0 Å². The van der Waals surface area contributed by atoms with Crippen LogP contribution in [0.5, 0.6) is 0 Å². The summed E-state index contributed by atoms with van der Waals surface area (Å²) in [5, 5.41) is 0. The summed E-state index contributed by atoms with van der Waals surface area (Å²) in [5.74, 6) is 4.82. The Morgan fingerprint density at radius 3 is 1.83 bits per heavy atom. The summed E-state index contributed by atoms with van der Waals surface area (Å²) in [6.07, 6.45) is 19.5. The Hall–Kier alpha value is -0.0400. The van der Waals surface area contributed by atoms with Crippen LogP contribution in [0.3, 0.4) is 0 Å². The second-order valence-corrected chi connectivity index (χ2v) is 8.97. The molecular formula is C22H40O. The van der Waals surface area contributed by atoms with Gasteiger partial charge in [0.15, 0.2) is 0 Å². The van der Waals surface area contributed by atoms with Crippen molar-refractivity contribution in [3.8, 4) is 0 Å². The van der Waals surface area contributed by atoms with Gasteiger partial charge in [-0.05, 0) is 68.1 Å². The van der Waals surface area contributed by atoms with Crippen LogP contribution in [0.15, 0.2) is 0 Å². The van der Waals surface area contributed by atoms with Gasteiger partial charge in [-0.1, -0.05) is 58.8 Å². The zero-order valence-corrected chi connectivity index (χ0v) is 15.8. The molecule has 1 nitrogen and oxygen atoms in total. The van der Waals surface area contributed by atoms with Crippen LogP contribution in [0.25, 0.3) is 0 Å². The minimum absolute atomic E-state index is 0.612. The molecule has 0 bridgehead atoms. The van der Waals surface area contributed by atoms with Crippen molar-refractivity contribution < 1.29 is 4.74 Å². The zero-order chi connectivity index (χ0) is 16.1. The lowest BCUT2D eigenvalue weighted by Crippen LogP contribution is -2.37. The minimum atomic E-state index is 0.612. The first kappa shape index (κ1) is 17.8. The molecule has 3 fully saturated rings. The van der Waals surface area contributed by atoms with Crippen molar-refractivity contribution in [3.63, 3.8) is 0 Å². The molecule has 1 aliphatic heterocycles. The largest absolute Gasteiger partial charge is 0.378 e. The van der Waals surface area contributed by atoms with Gasteiger partial charge in [-0.3, -0.25) is 0 Å². The first-order valence-electron chi connectivity index (χ1n) is 10.9. The van der Waals surface area contributed by atoms with Crippen molar-refractivity contribution in [2.24, 2.45) is 29.6 Å². The summed E-state index contributed by atoms with van der Waals surface area (Å²) in [6.45, 7) is 5.79. The molecule has 1 heterocycles.